The zero-order valence-corrected chi connectivity index (χ0v) is 7.88. The van der Waals surface area contributed by atoms with Gasteiger partial charge in [0, 0.05) is 6.54 Å². The maximum absolute atomic E-state index is 11.9. The lowest BCUT2D eigenvalue weighted by Gasteiger charge is -1.93. The van der Waals surface area contributed by atoms with Crippen molar-refractivity contribution in [3.8, 4) is 0 Å². The zero-order valence-electron chi connectivity index (χ0n) is 7.88. The first-order chi connectivity index (χ1) is 6.79. The van der Waals surface area contributed by atoms with Crippen molar-refractivity contribution in [1.29, 1.82) is 0 Å². The summed E-state index contributed by atoms with van der Waals surface area (Å²) >= 11 is 0. The van der Waals surface area contributed by atoms with Crippen LogP contribution < -0.4 is 5.32 Å². The highest BCUT2D eigenvalue weighted by Gasteiger charge is 2.04. The second-order valence-electron chi connectivity index (χ2n) is 3.11. The van der Waals surface area contributed by atoms with Crippen LogP contribution in [0.25, 0.3) is 11.1 Å². The normalized spacial score (nSPS) is 10.7. The molecule has 0 bridgehead atoms. The van der Waals surface area contributed by atoms with Gasteiger partial charge in [-0.2, -0.15) is 4.98 Å². The van der Waals surface area contributed by atoms with Crippen LogP contribution in [0.1, 0.15) is 5.56 Å². The van der Waals surface area contributed by atoms with E-state index in [-0.39, 0.29) is 6.54 Å². The van der Waals surface area contributed by atoms with Crippen LogP contribution in [-0.2, 0) is 0 Å². The molecule has 0 saturated carbocycles. The first-order valence-electron chi connectivity index (χ1n) is 4.46. The number of aromatic nitrogens is 1. The molecule has 0 spiro atoms. The van der Waals surface area contributed by atoms with Crippen molar-refractivity contribution in [3.63, 3.8) is 0 Å². The number of nitrogens with one attached hydrogen (secondary N) is 1. The van der Waals surface area contributed by atoms with E-state index in [0.29, 0.717) is 6.01 Å². The Morgan fingerprint density at radius 1 is 1.50 bits per heavy atom. The van der Waals surface area contributed by atoms with E-state index >= 15 is 0 Å². The molecule has 74 valence electrons. The van der Waals surface area contributed by atoms with Crippen molar-refractivity contribution >= 4 is 17.1 Å². The van der Waals surface area contributed by atoms with Gasteiger partial charge in [-0.25, -0.2) is 4.39 Å². The highest BCUT2D eigenvalue weighted by molar-refractivity contribution is 5.75. The van der Waals surface area contributed by atoms with Crippen LogP contribution in [-0.4, -0.2) is 18.2 Å². The number of anilines is 1. The molecule has 14 heavy (non-hydrogen) atoms. The topological polar surface area (TPSA) is 38.1 Å². The Bertz CT molecular complexity index is 439. The van der Waals surface area contributed by atoms with Gasteiger partial charge in [-0.05, 0) is 24.6 Å². The summed E-state index contributed by atoms with van der Waals surface area (Å²) < 4.78 is 17.2. The molecule has 0 atom stereocenters. The summed E-state index contributed by atoms with van der Waals surface area (Å²) in [5.74, 6) is 0. The van der Waals surface area contributed by atoms with Gasteiger partial charge < -0.3 is 9.73 Å². The summed E-state index contributed by atoms with van der Waals surface area (Å²) in [5, 5.41) is 2.75. The molecule has 0 amide bonds. The van der Waals surface area contributed by atoms with Crippen molar-refractivity contribution in [1.82, 2.24) is 4.98 Å². The third-order valence-corrected chi connectivity index (χ3v) is 1.91. The van der Waals surface area contributed by atoms with Gasteiger partial charge in [0.2, 0.25) is 0 Å². The molecular weight excluding hydrogens is 183 g/mol. The quantitative estimate of drug-likeness (QED) is 0.815. The predicted octanol–water partition coefficient (Wildman–Crippen LogP) is 2.52. The Morgan fingerprint density at radius 3 is 3.14 bits per heavy atom. The minimum absolute atomic E-state index is 0.228. The number of nitrogens with zero attached hydrogens (tertiary/aromatic N) is 1. The lowest BCUT2D eigenvalue weighted by molar-refractivity contribution is 0.505. The first kappa shape index (κ1) is 8.99. The van der Waals surface area contributed by atoms with Crippen molar-refractivity contribution in [2.24, 2.45) is 0 Å². The molecule has 1 heterocycles. The van der Waals surface area contributed by atoms with Crippen molar-refractivity contribution in [2.45, 2.75) is 6.92 Å². The Kier molecular flexibility index (Phi) is 2.35. The van der Waals surface area contributed by atoms with Gasteiger partial charge in [0.25, 0.3) is 6.01 Å². The Labute approximate surface area is 80.9 Å². The molecular formula is C10H11FN2O. The molecule has 3 nitrogen and oxygen atoms in total. The van der Waals surface area contributed by atoms with Gasteiger partial charge in [-0.15, -0.1) is 0 Å². The minimum Gasteiger partial charge on any atom is -0.424 e. The number of benzene rings is 1. The fourth-order valence-corrected chi connectivity index (χ4v) is 1.27. The van der Waals surface area contributed by atoms with Gasteiger partial charge >= 0.3 is 0 Å². The van der Waals surface area contributed by atoms with Gasteiger partial charge in [0.1, 0.15) is 12.2 Å². The summed E-state index contributed by atoms with van der Waals surface area (Å²) in [4.78, 5) is 4.17. The minimum atomic E-state index is -0.433. The number of hydrogen-bond donors (Lipinski definition) is 1. The maximum atomic E-state index is 11.9. The lowest BCUT2D eigenvalue weighted by Crippen LogP contribution is -2.02. The van der Waals surface area contributed by atoms with Crippen molar-refractivity contribution < 1.29 is 8.81 Å². The summed E-state index contributed by atoms with van der Waals surface area (Å²) in [5.41, 5.74) is 2.64. The lowest BCUT2D eigenvalue weighted by atomic mass is 10.2. The monoisotopic (exact) mass is 194 g/mol. The number of fused-ring (bicyclic) bond motifs is 1. The fraction of sp³-hybridized carbons (Fsp3) is 0.300. The summed E-state index contributed by atoms with van der Waals surface area (Å²) in [7, 11) is 0. The van der Waals surface area contributed by atoms with E-state index < -0.39 is 6.67 Å². The second-order valence-corrected chi connectivity index (χ2v) is 3.11. The summed E-state index contributed by atoms with van der Waals surface area (Å²) in [6.07, 6.45) is 0. The Hall–Kier alpha value is -1.58. The van der Waals surface area contributed by atoms with E-state index in [9.17, 15) is 4.39 Å². The Balaban J connectivity index is 2.32. The molecule has 4 heteroatoms. The molecule has 0 aliphatic carbocycles. The van der Waals surface area contributed by atoms with Gasteiger partial charge in [-0.1, -0.05) is 6.07 Å². The summed E-state index contributed by atoms with van der Waals surface area (Å²) in [6, 6.07) is 6.12. The largest absolute Gasteiger partial charge is 0.424 e. The van der Waals surface area contributed by atoms with E-state index in [4.69, 9.17) is 4.42 Å². The molecule has 2 rings (SSSR count). The molecule has 1 aromatic heterocycles. The highest BCUT2D eigenvalue weighted by Crippen LogP contribution is 2.19. The number of rotatable bonds is 3. The molecule has 0 aliphatic heterocycles. The number of hydrogen-bond acceptors (Lipinski definition) is 3. The number of aryl methyl sites for hydroxylation is 1. The standard InChI is InChI=1S/C10H11FN2O/c1-7-2-3-9-8(6-7)13-10(14-9)12-5-4-11/h2-3,6H,4-5H2,1H3,(H,12,13). The molecule has 1 aromatic carbocycles. The van der Waals surface area contributed by atoms with Crippen LogP contribution in [0.5, 0.6) is 0 Å². The average molecular weight is 194 g/mol. The maximum Gasteiger partial charge on any atom is 0.295 e. The Morgan fingerprint density at radius 2 is 2.36 bits per heavy atom. The first-order valence-corrected chi connectivity index (χ1v) is 4.46. The van der Waals surface area contributed by atoms with Gasteiger partial charge in [0.15, 0.2) is 5.58 Å². The van der Waals surface area contributed by atoms with E-state index in [1.807, 2.05) is 25.1 Å². The molecule has 0 radical (unpaired) electrons. The molecule has 1 N–H and O–H groups in total. The van der Waals surface area contributed by atoms with Crippen LogP contribution in [0, 0.1) is 6.92 Å². The van der Waals surface area contributed by atoms with Crippen molar-refractivity contribution in [2.75, 3.05) is 18.5 Å². The second kappa shape index (κ2) is 3.65. The van der Waals surface area contributed by atoms with E-state index in [0.717, 1.165) is 16.7 Å². The van der Waals surface area contributed by atoms with Crippen LogP contribution >= 0.6 is 0 Å². The zero-order chi connectivity index (χ0) is 9.97. The molecule has 2 aromatic rings. The summed E-state index contributed by atoms with van der Waals surface area (Å²) in [6.45, 7) is 1.78. The van der Waals surface area contributed by atoms with Crippen LogP contribution in [0.2, 0.25) is 0 Å². The number of halogens is 1. The van der Waals surface area contributed by atoms with Gasteiger partial charge in [0.05, 0.1) is 0 Å². The van der Waals surface area contributed by atoms with Gasteiger partial charge in [-0.3, -0.25) is 0 Å². The van der Waals surface area contributed by atoms with E-state index in [1.54, 1.807) is 0 Å². The SMILES string of the molecule is Cc1ccc2oc(NCCF)nc2c1. The third kappa shape index (κ3) is 1.69. The third-order valence-electron chi connectivity index (χ3n) is 1.91. The number of oxazole rings is 1. The number of alkyl halides is 1. The highest BCUT2D eigenvalue weighted by atomic mass is 19.1. The predicted molar refractivity (Wildman–Crippen MR) is 53.2 cm³/mol. The molecule has 0 fully saturated rings. The van der Waals surface area contributed by atoms with Crippen LogP contribution in [0.4, 0.5) is 10.4 Å². The van der Waals surface area contributed by atoms with Crippen molar-refractivity contribution in [3.05, 3.63) is 23.8 Å². The fourth-order valence-electron chi connectivity index (χ4n) is 1.27. The van der Waals surface area contributed by atoms with E-state index in [2.05, 4.69) is 10.3 Å². The van der Waals surface area contributed by atoms with Crippen LogP contribution in [0.3, 0.4) is 0 Å². The van der Waals surface area contributed by atoms with Crippen LogP contribution in [0.15, 0.2) is 22.6 Å². The molecule has 0 saturated heterocycles. The molecule has 0 unspecified atom stereocenters. The van der Waals surface area contributed by atoms with E-state index in [1.165, 1.54) is 0 Å². The molecule has 0 aliphatic rings. The smallest absolute Gasteiger partial charge is 0.295 e. The average Bonchev–Trinajstić information content (AvgIpc) is 2.56.